The molecule has 22 heavy (non-hydrogen) atoms. The highest BCUT2D eigenvalue weighted by Crippen LogP contribution is 2.14. The minimum absolute atomic E-state index is 0.0874. The SMILES string of the molecule is CC(C)N(CC(=O)Nc1ccon1)C(=O)c1cccc(Cl)c1. The molecule has 0 fully saturated rings. The molecule has 0 radical (unpaired) electrons. The lowest BCUT2D eigenvalue weighted by Gasteiger charge is -2.26. The monoisotopic (exact) mass is 321 g/mol. The fraction of sp³-hybridized carbons (Fsp3) is 0.267. The predicted molar refractivity (Wildman–Crippen MR) is 82.8 cm³/mol. The molecule has 0 unspecified atom stereocenters. The van der Waals surface area contributed by atoms with Crippen LogP contribution in [0.3, 0.4) is 0 Å². The molecule has 2 aromatic rings. The lowest BCUT2D eigenvalue weighted by Crippen LogP contribution is -2.42. The molecule has 0 aliphatic carbocycles. The van der Waals surface area contributed by atoms with E-state index in [4.69, 9.17) is 11.6 Å². The number of rotatable bonds is 5. The van der Waals surface area contributed by atoms with Gasteiger partial charge >= 0.3 is 0 Å². The molecule has 0 aliphatic rings. The van der Waals surface area contributed by atoms with E-state index in [-0.39, 0.29) is 24.4 Å². The van der Waals surface area contributed by atoms with Crippen LogP contribution < -0.4 is 5.32 Å². The van der Waals surface area contributed by atoms with Gasteiger partial charge in [-0.25, -0.2) is 0 Å². The Morgan fingerprint density at radius 1 is 1.36 bits per heavy atom. The first-order valence-electron chi connectivity index (χ1n) is 6.74. The maximum atomic E-state index is 12.5. The second kappa shape index (κ2) is 7.09. The molecular formula is C15H16ClN3O3. The smallest absolute Gasteiger partial charge is 0.254 e. The van der Waals surface area contributed by atoms with Gasteiger partial charge in [0.15, 0.2) is 5.82 Å². The minimum Gasteiger partial charge on any atom is -0.363 e. The highest BCUT2D eigenvalue weighted by Gasteiger charge is 2.22. The molecule has 2 rings (SSSR count). The summed E-state index contributed by atoms with van der Waals surface area (Å²) < 4.78 is 4.64. The molecule has 0 atom stereocenters. The van der Waals surface area contributed by atoms with E-state index in [1.807, 2.05) is 13.8 Å². The van der Waals surface area contributed by atoms with Crippen LogP contribution in [-0.2, 0) is 4.79 Å². The topological polar surface area (TPSA) is 75.4 Å². The maximum Gasteiger partial charge on any atom is 0.254 e. The Hall–Kier alpha value is -2.34. The van der Waals surface area contributed by atoms with Crippen molar-refractivity contribution in [2.45, 2.75) is 19.9 Å². The van der Waals surface area contributed by atoms with Crippen LogP contribution in [0, 0.1) is 0 Å². The zero-order valence-corrected chi connectivity index (χ0v) is 13.0. The third-order valence-electron chi connectivity index (χ3n) is 2.98. The van der Waals surface area contributed by atoms with Crippen molar-refractivity contribution in [2.75, 3.05) is 11.9 Å². The van der Waals surface area contributed by atoms with Crippen molar-refractivity contribution in [3.8, 4) is 0 Å². The van der Waals surface area contributed by atoms with Crippen LogP contribution in [0.2, 0.25) is 5.02 Å². The van der Waals surface area contributed by atoms with Crippen molar-refractivity contribution in [3.05, 3.63) is 47.2 Å². The van der Waals surface area contributed by atoms with E-state index in [2.05, 4.69) is 15.0 Å². The van der Waals surface area contributed by atoms with Gasteiger partial charge in [0.2, 0.25) is 5.91 Å². The van der Waals surface area contributed by atoms with Crippen molar-refractivity contribution in [3.63, 3.8) is 0 Å². The van der Waals surface area contributed by atoms with E-state index in [9.17, 15) is 9.59 Å². The molecule has 2 amide bonds. The molecule has 0 bridgehead atoms. The van der Waals surface area contributed by atoms with Crippen LogP contribution in [0.15, 0.2) is 41.1 Å². The van der Waals surface area contributed by atoms with E-state index in [1.165, 1.54) is 17.2 Å². The van der Waals surface area contributed by atoms with Gasteiger partial charge in [-0.15, -0.1) is 0 Å². The van der Waals surface area contributed by atoms with Gasteiger partial charge in [0.25, 0.3) is 5.91 Å². The Balaban J connectivity index is 2.09. The molecule has 0 spiro atoms. The summed E-state index contributed by atoms with van der Waals surface area (Å²) in [5, 5.41) is 6.63. The van der Waals surface area contributed by atoms with Gasteiger partial charge in [0.1, 0.15) is 12.8 Å². The van der Waals surface area contributed by atoms with Gasteiger partial charge in [0.05, 0.1) is 0 Å². The molecule has 1 N–H and O–H groups in total. The van der Waals surface area contributed by atoms with Gasteiger partial charge < -0.3 is 14.7 Å². The number of carbonyl (C=O) groups is 2. The van der Waals surface area contributed by atoms with Gasteiger partial charge in [-0.1, -0.05) is 22.8 Å². The van der Waals surface area contributed by atoms with Crippen LogP contribution in [-0.4, -0.2) is 34.5 Å². The van der Waals surface area contributed by atoms with E-state index in [0.29, 0.717) is 16.4 Å². The van der Waals surface area contributed by atoms with Crippen molar-refractivity contribution in [2.24, 2.45) is 0 Å². The largest absolute Gasteiger partial charge is 0.363 e. The Bertz CT molecular complexity index is 656. The third kappa shape index (κ3) is 4.08. The van der Waals surface area contributed by atoms with Crippen LogP contribution >= 0.6 is 11.6 Å². The van der Waals surface area contributed by atoms with E-state index < -0.39 is 0 Å². The number of amides is 2. The van der Waals surface area contributed by atoms with Gasteiger partial charge in [-0.2, -0.15) is 0 Å². The molecule has 6 nitrogen and oxygen atoms in total. The summed E-state index contributed by atoms with van der Waals surface area (Å²) >= 11 is 5.91. The fourth-order valence-corrected chi connectivity index (χ4v) is 2.08. The number of halogens is 1. The first-order chi connectivity index (χ1) is 10.5. The van der Waals surface area contributed by atoms with Crippen molar-refractivity contribution in [1.82, 2.24) is 10.1 Å². The van der Waals surface area contributed by atoms with Crippen molar-refractivity contribution < 1.29 is 14.1 Å². The molecule has 0 aliphatic heterocycles. The second-order valence-corrected chi connectivity index (χ2v) is 5.41. The normalized spacial score (nSPS) is 10.5. The Labute approximate surface area is 133 Å². The third-order valence-corrected chi connectivity index (χ3v) is 3.21. The fourth-order valence-electron chi connectivity index (χ4n) is 1.89. The maximum absolute atomic E-state index is 12.5. The summed E-state index contributed by atoms with van der Waals surface area (Å²) in [6, 6.07) is 8.01. The number of hydrogen-bond acceptors (Lipinski definition) is 4. The Morgan fingerprint density at radius 2 is 2.14 bits per heavy atom. The molecule has 7 heteroatoms. The highest BCUT2D eigenvalue weighted by molar-refractivity contribution is 6.31. The minimum atomic E-state index is -0.349. The average Bonchev–Trinajstić information content (AvgIpc) is 2.96. The van der Waals surface area contributed by atoms with Gasteiger partial charge in [-0.05, 0) is 32.0 Å². The lowest BCUT2D eigenvalue weighted by molar-refractivity contribution is -0.117. The second-order valence-electron chi connectivity index (χ2n) is 4.97. The summed E-state index contributed by atoms with van der Waals surface area (Å²) in [6.45, 7) is 3.59. The molecule has 1 aromatic heterocycles. The number of anilines is 1. The molecule has 1 heterocycles. The summed E-state index contributed by atoms with van der Waals surface area (Å²) in [4.78, 5) is 26.0. The first kappa shape index (κ1) is 16.0. The first-order valence-corrected chi connectivity index (χ1v) is 7.12. The molecule has 0 saturated carbocycles. The van der Waals surface area contributed by atoms with Crippen molar-refractivity contribution >= 4 is 29.2 Å². The molecule has 0 saturated heterocycles. The number of aromatic nitrogens is 1. The van der Waals surface area contributed by atoms with Gasteiger partial charge in [-0.3, -0.25) is 9.59 Å². The number of hydrogen-bond donors (Lipinski definition) is 1. The van der Waals surface area contributed by atoms with E-state index in [0.717, 1.165) is 0 Å². The summed E-state index contributed by atoms with van der Waals surface area (Å²) in [5.74, 6) is -0.297. The van der Waals surface area contributed by atoms with Crippen LogP contribution in [0.25, 0.3) is 0 Å². The quantitative estimate of drug-likeness (QED) is 0.918. The van der Waals surface area contributed by atoms with Gasteiger partial charge in [0, 0.05) is 22.7 Å². The van der Waals surface area contributed by atoms with Crippen molar-refractivity contribution in [1.29, 1.82) is 0 Å². The standard InChI is InChI=1S/C15H16ClN3O3/c1-10(2)19(9-14(20)17-13-6-7-22-18-13)15(21)11-4-3-5-12(16)8-11/h3-8,10H,9H2,1-2H3,(H,17,18,20). The number of nitrogens with one attached hydrogen (secondary N) is 1. The Kier molecular flexibility index (Phi) is 5.16. The number of nitrogens with zero attached hydrogens (tertiary/aromatic N) is 2. The summed E-state index contributed by atoms with van der Waals surface area (Å²) in [7, 11) is 0. The summed E-state index contributed by atoms with van der Waals surface area (Å²) in [5.41, 5.74) is 0.440. The number of carbonyl (C=O) groups excluding carboxylic acids is 2. The zero-order chi connectivity index (χ0) is 16.1. The lowest BCUT2D eigenvalue weighted by atomic mass is 10.1. The van der Waals surface area contributed by atoms with E-state index in [1.54, 1.807) is 24.3 Å². The molecule has 116 valence electrons. The Morgan fingerprint density at radius 3 is 2.73 bits per heavy atom. The van der Waals surface area contributed by atoms with Crippen LogP contribution in [0.5, 0.6) is 0 Å². The predicted octanol–water partition coefficient (Wildman–Crippen LogP) is 2.82. The number of benzene rings is 1. The van der Waals surface area contributed by atoms with Crippen LogP contribution in [0.4, 0.5) is 5.82 Å². The average molecular weight is 322 g/mol. The summed E-state index contributed by atoms with van der Waals surface area (Å²) in [6.07, 6.45) is 1.35. The molecule has 1 aromatic carbocycles. The zero-order valence-electron chi connectivity index (χ0n) is 12.2. The van der Waals surface area contributed by atoms with E-state index >= 15 is 0 Å². The van der Waals surface area contributed by atoms with Crippen LogP contribution in [0.1, 0.15) is 24.2 Å². The molecular weight excluding hydrogens is 306 g/mol. The highest BCUT2D eigenvalue weighted by atomic mass is 35.5.